The van der Waals surface area contributed by atoms with Crippen LogP contribution in [-0.4, -0.2) is 49.6 Å². The summed E-state index contributed by atoms with van der Waals surface area (Å²) in [6, 6.07) is 4.58. The number of rotatable bonds is 2. The summed E-state index contributed by atoms with van der Waals surface area (Å²) >= 11 is 0. The number of amides is 1. The number of hydrogen-bond donors (Lipinski definition) is 1. The minimum Gasteiger partial charge on any atom is -0.314 e. The van der Waals surface area contributed by atoms with Gasteiger partial charge in [0.25, 0.3) is 0 Å². The Bertz CT molecular complexity index is 514. The molecule has 20 heavy (non-hydrogen) atoms. The molecule has 108 valence electrons. The maximum absolute atomic E-state index is 13.4. The quantitative estimate of drug-likeness (QED) is 0.876. The number of halogens is 1. The van der Waals surface area contributed by atoms with Gasteiger partial charge in [-0.15, -0.1) is 0 Å². The molecule has 1 aromatic carbocycles. The summed E-state index contributed by atoms with van der Waals surface area (Å²) < 4.78 is 13.4. The summed E-state index contributed by atoms with van der Waals surface area (Å²) in [5.74, 6) is -0.200. The van der Waals surface area contributed by atoms with Crippen LogP contribution in [0.4, 0.5) is 10.1 Å². The molecule has 2 aliphatic heterocycles. The Labute approximate surface area is 118 Å². The van der Waals surface area contributed by atoms with Gasteiger partial charge in [-0.2, -0.15) is 0 Å². The van der Waals surface area contributed by atoms with E-state index in [1.54, 1.807) is 11.0 Å². The molecule has 3 rings (SSSR count). The first-order valence-electron chi connectivity index (χ1n) is 7.21. The number of carbonyl (C=O) groups is 1. The molecule has 0 aliphatic carbocycles. The molecule has 5 heteroatoms. The summed E-state index contributed by atoms with van der Waals surface area (Å²) in [7, 11) is 0. The van der Waals surface area contributed by atoms with Crippen LogP contribution in [0.25, 0.3) is 0 Å². The molecule has 0 spiro atoms. The lowest BCUT2D eigenvalue weighted by Crippen LogP contribution is -2.53. The van der Waals surface area contributed by atoms with E-state index >= 15 is 0 Å². The van der Waals surface area contributed by atoms with Crippen LogP contribution in [0.1, 0.15) is 12.5 Å². The van der Waals surface area contributed by atoms with Crippen LogP contribution in [0, 0.1) is 5.82 Å². The van der Waals surface area contributed by atoms with Crippen LogP contribution in [0.2, 0.25) is 0 Å². The molecule has 1 amide bonds. The van der Waals surface area contributed by atoms with E-state index in [1.807, 2.05) is 6.92 Å². The fourth-order valence-electron chi connectivity index (χ4n) is 3.03. The zero-order valence-electron chi connectivity index (χ0n) is 11.7. The van der Waals surface area contributed by atoms with E-state index in [9.17, 15) is 9.18 Å². The summed E-state index contributed by atoms with van der Waals surface area (Å²) in [6.45, 7) is 6.22. The van der Waals surface area contributed by atoms with Gasteiger partial charge in [-0.1, -0.05) is 6.07 Å². The lowest BCUT2D eigenvalue weighted by molar-refractivity contribution is -0.123. The van der Waals surface area contributed by atoms with E-state index in [2.05, 4.69) is 10.2 Å². The molecule has 1 atom stereocenters. The second-order valence-electron chi connectivity index (χ2n) is 5.47. The van der Waals surface area contributed by atoms with Gasteiger partial charge in [-0.05, 0) is 31.0 Å². The zero-order valence-corrected chi connectivity index (χ0v) is 11.7. The van der Waals surface area contributed by atoms with Crippen molar-refractivity contribution in [3.8, 4) is 0 Å². The van der Waals surface area contributed by atoms with Crippen molar-refractivity contribution in [2.24, 2.45) is 0 Å². The molecular weight excluding hydrogens is 257 g/mol. The maximum atomic E-state index is 13.4. The van der Waals surface area contributed by atoms with Crippen molar-refractivity contribution in [1.29, 1.82) is 0 Å². The first-order chi connectivity index (χ1) is 9.66. The molecule has 1 unspecified atom stereocenters. The van der Waals surface area contributed by atoms with Crippen molar-refractivity contribution in [2.45, 2.75) is 19.4 Å². The van der Waals surface area contributed by atoms with Gasteiger partial charge in [0.1, 0.15) is 5.82 Å². The Morgan fingerprint density at radius 3 is 2.80 bits per heavy atom. The van der Waals surface area contributed by atoms with E-state index in [0.717, 1.165) is 43.9 Å². The number of benzene rings is 1. The molecule has 1 saturated heterocycles. The topological polar surface area (TPSA) is 35.6 Å². The molecule has 0 saturated carbocycles. The molecule has 1 N–H and O–H groups in total. The predicted octanol–water partition coefficient (Wildman–Crippen LogP) is 1.01. The summed E-state index contributed by atoms with van der Waals surface area (Å²) in [6.07, 6.45) is 0.815. The predicted molar refractivity (Wildman–Crippen MR) is 76.4 cm³/mol. The van der Waals surface area contributed by atoms with E-state index in [-0.39, 0.29) is 17.8 Å². The molecule has 2 aliphatic rings. The molecule has 0 aromatic heterocycles. The van der Waals surface area contributed by atoms with Crippen molar-refractivity contribution in [1.82, 2.24) is 10.2 Å². The van der Waals surface area contributed by atoms with Crippen LogP contribution in [0.15, 0.2) is 18.2 Å². The first-order valence-corrected chi connectivity index (χ1v) is 7.21. The minimum atomic E-state index is -0.279. The Kier molecular flexibility index (Phi) is 3.72. The second-order valence-corrected chi connectivity index (χ2v) is 5.47. The zero-order chi connectivity index (χ0) is 14.1. The number of nitrogens with one attached hydrogen (secondary N) is 1. The van der Waals surface area contributed by atoms with Gasteiger partial charge in [-0.25, -0.2) is 4.39 Å². The van der Waals surface area contributed by atoms with Crippen LogP contribution >= 0.6 is 0 Å². The van der Waals surface area contributed by atoms with Crippen molar-refractivity contribution >= 4 is 11.6 Å². The smallest absolute Gasteiger partial charge is 0.244 e. The van der Waals surface area contributed by atoms with Gasteiger partial charge in [0.2, 0.25) is 5.91 Å². The summed E-state index contributed by atoms with van der Waals surface area (Å²) in [4.78, 5) is 16.6. The third-order valence-corrected chi connectivity index (χ3v) is 4.27. The summed E-state index contributed by atoms with van der Waals surface area (Å²) in [5.41, 5.74) is 1.81. The van der Waals surface area contributed by atoms with Gasteiger partial charge >= 0.3 is 0 Å². The molecular formula is C15H20FN3O. The molecule has 1 aromatic rings. The van der Waals surface area contributed by atoms with Gasteiger partial charge in [0.15, 0.2) is 0 Å². The SMILES string of the molecule is CC(C(=O)N1CCc2ccc(F)cc21)N1CCNCC1. The average Bonchev–Trinajstić information content (AvgIpc) is 2.89. The average molecular weight is 277 g/mol. The number of nitrogens with zero attached hydrogens (tertiary/aromatic N) is 2. The van der Waals surface area contributed by atoms with Crippen molar-refractivity contribution in [3.05, 3.63) is 29.6 Å². The number of fused-ring (bicyclic) bond motifs is 1. The highest BCUT2D eigenvalue weighted by molar-refractivity contribution is 5.98. The number of piperazine rings is 1. The second kappa shape index (κ2) is 5.50. The third-order valence-electron chi connectivity index (χ3n) is 4.27. The molecule has 0 radical (unpaired) electrons. The van der Waals surface area contributed by atoms with Crippen LogP contribution in [0.3, 0.4) is 0 Å². The van der Waals surface area contributed by atoms with E-state index < -0.39 is 0 Å². The number of hydrogen-bond acceptors (Lipinski definition) is 3. The maximum Gasteiger partial charge on any atom is 0.244 e. The summed E-state index contributed by atoms with van der Waals surface area (Å²) in [5, 5.41) is 3.29. The van der Waals surface area contributed by atoms with E-state index in [0.29, 0.717) is 6.54 Å². The fraction of sp³-hybridized carbons (Fsp3) is 0.533. The molecule has 0 bridgehead atoms. The Balaban J connectivity index is 1.77. The Hall–Kier alpha value is -1.46. The highest BCUT2D eigenvalue weighted by Gasteiger charge is 2.31. The lowest BCUT2D eigenvalue weighted by atomic mass is 10.1. The van der Waals surface area contributed by atoms with Crippen molar-refractivity contribution in [2.75, 3.05) is 37.6 Å². The highest BCUT2D eigenvalue weighted by Crippen LogP contribution is 2.29. The largest absolute Gasteiger partial charge is 0.314 e. The standard InChI is InChI=1S/C15H20FN3O/c1-11(18-8-5-17-6-9-18)15(20)19-7-4-12-2-3-13(16)10-14(12)19/h2-3,10-11,17H,4-9H2,1H3. The van der Waals surface area contributed by atoms with Crippen molar-refractivity contribution < 1.29 is 9.18 Å². The normalized spacial score (nSPS) is 20.8. The lowest BCUT2D eigenvalue weighted by Gasteiger charge is -2.34. The highest BCUT2D eigenvalue weighted by atomic mass is 19.1. The van der Waals surface area contributed by atoms with E-state index in [1.165, 1.54) is 12.1 Å². The number of carbonyl (C=O) groups excluding carboxylic acids is 1. The Morgan fingerprint density at radius 2 is 2.05 bits per heavy atom. The van der Waals surface area contributed by atoms with Crippen LogP contribution in [0.5, 0.6) is 0 Å². The number of anilines is 1. The van der Waals surface area contributed by atoms with Gasteiger partial charge in [0, 0.05) is 38.4 Å². The third kappa shape index (κ3) is 2.43. The molecule has 1 fully saturated rings. The van der Waals surface area contributed by atoms with Crippen LogP contribution < -0.4 is 10.2 Å². The fourth-order valence-corrected chi connectivity index (χ4v) is 3.03. The van der Waals surface area contributed by atoms with Crippen molar-refractivity contribution in [3.63, 3.8) is 0 Å². The van der Waals surface area contributed by atoms with Crippen LogP contribution in [-0.2, 0) is 11.2 Å². The van der Waals surface area contributed by atoms with E-state index in [4.69, 9.17) is 0 Å². The van der Waals surface area contributed by atoms with Gasteiger partial charge < -0.3 is 10.2 Å². The molecule has 4 nitrogen and oxygen atoms in total. The molecule has 2 heterocycles. The minimum absolute atomic E-state index is 0.0799. The Morgan fingerprint density at radius 1 is 1.30 bits per heavy atom. The first kappa shape index (κ1) is 13.5. The van der Waals surface area contributed by atoms with Gasteiger partial charge in [0.05, 0.1) is 6.04 Å². The monoisotopic (exact) mass is 277 g/mol. The van der Waals surface area contributed by atoms with Gasteiger partial charge in [-0.3, -0.25) is 9.69 Å².